The summed E-state index contributed by atoms with van der Waals surface area (Å²) >= 11 is 1.50. The number of benzene rings is 3. The second kappa shape index (κ2) is 10.7. The number of amides is 1. The standard InChI is InChI=1S/C28H28FN3O3S2/c1-2-20-12-13-24-25(18-20)36-28(30-24)32(19-21-8-4-3-5-9-21)27(33)22-14-16-31(17-15-22)37(34,35)26-11-7-6-10-23(26)29/h3-13,18,22H,2,14-17,19H2,1H3. The van der Waals surface area contributed by atoms with E-state index in [1.54, 1.807) is 4.90 Å². The highest BCUT2D eigenvalue weighted by atomic mass is 32.2. The first-order valence-electron chi connectivity index (χ1n) is 12.4. The van der Waals surface area contributed by atoms with Crippen molar-refractivity contribution in [3.63, 3.8) is 0 Å². The van der Waals surface area contributed by atoms with Crippen LogP contribution in [0.4, 0.5) is 9.52 Å². The molecule has 0 aliphatic carbocycles. The number of piperidine rings is 1. The van der Waals surface area contributed by atoms with Gasteiger partial charge in [-0.25, -0.2) is 17.8 Å². The van der Waals surface area contributed by atoms with Gasteiger partial charge in [-0.05, 0) is 54.7 Å². The van der Waals surface area contributed by atoms with E-state index >= 15 is 0 Å². The summed E-state index contributed by atoms with van der Waals surface area (Å²) in [5.41, 5.74) is 3.06. The first-order valence-corrected chi connectivity index (χ1v) is 14.6. The molecular formula is C28H28FN3O3S2. The van der Waals surface area contributed by atoms with Crippen LogP contribution in [0.3, 0.4) is 0 Å². The number of sulfonamides is 1. The lowest BCUT2D eigenvalue weighted by molar-refractivity contribution is -0.123. The third kappa shape index (κ3) is 5.30. The lowest BCUT2D eigenvalue weighted by Gasteiger charge is -2.33. The second-order valence-electron chi connectivity index (χ2n) is 9.17. The van der Waals surface area contributed by atoms with Crippen LogP contribution in [-0.2, 0) is 27.8 Å². The van der Waals surface area contributed by atoms with E-state index in [0.29, 0.717) is 24.5 Å². The van der Waals surface area contributed by atoms with E-state index in [4.69, 9.17) is 4.98 Å². The molecule has 0 radical (unpaired) electrons. The molecule has 0 atom stereocenters. The van der Waals surface area contributed by atoms with Crippen LogP contribution in [0.1, 0.15) is 30.9 Å². The van der Waals surface area contributed by atoms with Gasteiger partial charge in [-0.1, -0.05) is 66.8 Å². The minimum absolute atomic E-state index is 0.0680. The maximum atomic E-state index is 14.2. The maximum absolute atomic E-state index is 14.2. The lowest BCUT2D eigenvalue weighted by Crippen LogP contribution is -2.44. The molecule has 1 aliphatic rings. The summed E-state index contributed by atoms with van der Waals surface area (Å²) in [7, 11) is -3.96. The molecule has 3 aromatic carbocycles. The monoisotopic (exact) mass is 537 g/mol. The number of rotatable bonds is 7. The number of hydrogen-bond acceptors (Lipinski definition) is 5. The predicted molar refractivity (Wildman–Crippen MR) is 145 cm³/mol. The smallest absolute Gasteiger partial charge is 0.245 e. The predicted octanol–water partition coefficient (Wildman–Crippen LogP) is 5.63. The summed E-state index contributed by atoms with van der Waals surface area (Å²) < 4.78 is 42.6. The number of aryl methyl sites for hydroxylation is 1. The quantitative estimate of drug-likeness (QED) is 0.306. The maximum Gasteiger partial charge on any atom is 0.245 e. The number of hydrogen-bond donors (Lipinski definition) is 0. The number of fused-ring (bicyclic) bond motifs is 1. The van der Waals surface area contributed by atoms with Gasteiger partial charge in [-0.2, -0.15) is 4.31 Å². The topological polar surface area (TPSA) is 70.6 Å². The van der Waals surface area contributed by atoms with Gasteiger partial charge in [-0.3, -0.25) is 9.69 Å². The Morgan fingerprint density at radius 2 is 1.73 bits per heavy atom. The Morgan fingerprint density at radius 3 is 2.43 bits per heavy atom. The van der Waals surface area contributed by atoms with E-state index in [1.165, 1.54) is 39.4 Å². The Kier molecular flexibility index (Phi) is 7.37. The van der Waals surface area contributed by atoms with Gasteiger partial charge in [0, 0.05) is 19.0 Å². The average Bonchev–Trinajstić information content (AvgIpc) is 3.35. The summed E-state index contributed by atoms with van der Waals surface area (Å²) in [4.78, 5) is 20.0. The molecule has 0 spiro atoms. The minimum Gasteiger partial charge on any atom is -0.283 e. The molecule has 9 heteroatoms. The third-order valence-electron chi connectivity index (χ3n) is 6.79. The summed E-state index contributed by atoms with van der Waals surface area (Å²) in [6, 6.07) is 21.3. The van der Waals surface area contributed by atoms with E-state index in [1.807, 2.05) is 36.4 Å². The molecule has 1 aliphatic heterocycles. The highest BCUT2D eigenvalue weighted by Crippen LogP contribution is 2.34. The largest absolute Gasteiger partial charge is 0.283 e. The Bertz CT molecular complexity index is 1510. The van der Waals surface area contributed by atoms with Crippen LogP contribution in [0.15, 0.2) is 77.7 Å². The lowest BCUT2D eigenvalue weighted by atomic mass is 9.96. The molecule has 6 nitrogen and oxygen atoms in total. The molecule has 0 bridgehead atoms. The van der Waals surface area contributed by atoms with E-state index in [9.17, 15) is 17.6 Å². The molecular weight excluding hydrogens is 509 g/mol. The third-order valence-corrected chi connectivity index (χ3v) is 9.76. The van der Waals surface area contributed by atoms with Crippen molar-refractivity contribution in [2.24, 2.45) is 5.92 Å². The van der Waals surface area contributed by atoms with Gasteiger partial charge < -0.3 is 0 Å². The number of carbonyl (C=O) groups is 1. The van der Waals surface area contributed by atoms with Gasteiger partial charge in [0.15, 0.2) is 5.13 Å². The van der Waals surface area contributed by atoms with E-state index in [0.717, 1.165) is 28.3 Å². The van der Waals surface area contributed by atoms with Crippen molar-refractivity contribution in [3.8, 4) is 0 Å². The van der Waals surface area contributed by atoms with E-state index in [2.05, 4.69) is 19.1 Å². The Balaban J connectivity index is 1.38. The summed E-state index contributed by atoms with van der Waals surface area (Å²) in [5, 5.41) is 0.638. The fourth-order valence-corrected chi connectivity index (χ4v) is 7.22. The number of nitrogens with zero attached hydrogens (tertiary/aromatic N) is 3. The zero-order valence-corrected chi connectivity index (χ0v) is 22.1. The second-order valence-corrected chi connectivity index (χ2v) is 12.1. The highest BCUT2D eigenvalue weighted by molar-refractivity contribution is 7.89. The van der Waals surface area contributed by atoms with Gasteiger partial charge in [-0.15, -0.1) is 0 Å². The van der Waals surface area contributed by atoms with Crippen molar-refractivity contribution in [3.05, 3.63) is 89.7 Å². The zero-order valence-electron chi connectivity index (χ0n) is 20.5. The van der Waals surface area contributed by atoms with Crippen molar-refractivity contribution in [1.29, 1.82) is 0 Å². The highest BCUT2D eigenvalue weighted by Gasteiger charge is 2.36. The van der Waals surface area contributed by atoms with Crippen LogP contribution in [-0.4, -0.2) is 36.7 Å². The first kappa shape index (κ1) is 25.5. The molecule has 1 fully saturated rings. The molecule has 0 unspecified atom stereocenters. The molecule has 1 saturated heterocycles. The van der Waals surface area contributed by atoms with Crippen LogP contribution in [0.2, 0.25) is 0 Å². The number of carbonyl (C=O) groups excluding carboxylic acids is 1. The molecule has 4 aromatic rings. The number of aromatic nitrogens is 1. The fourth-order valence-electron chi connectivity index (χ4n) is 4.65. The van der Waals surface area contributed by atoms with Crippen LogP contribution in [0.5, 0.6) is 0 Å². The van der Waals surface area contributed by atoms with Gasteiger partial charge in [0.1, 0.15) is 10.7 Å². The molecule has 2 heterocycles. The first-order chi connectivity index (χ1) is 17.9. The van der Waals surface area contributed by atoms with Gasteiger partial charge in [0.25, 0.3) is 0 Å². The Hall–Kier alpha value is -3.14. The van der Waals surface area contributed by atoms with Gasteiger partial charge in [0.2, 0.25) is 15.9 Å². The van der Waals surface area contributed by atoms with E-state index < -0.39 is 15.8 Å². The van der Waals surface area contributed by atoms with Crippen LogP contribution >= 0.6 is 11.3 Å². The number of thiazole rings is 1. The molecule has 192 valence electrons. The van der Waals surface area contributed by atoms with Gasteiger partial charge >= 0.3 is 0 Å². The molecule has 0 N–H and O–H groups in total. The summed E-state index contributed by atoms with van der Waals surface area (Å²) in [6.45, 7) is 2.80. The molecule has 1 aromatic heterocycles. The zero-order chi connectivity index (χ0) is 26.0. The van der Waals surface area contributed by atoms with Crippen molar-refractivity contribution < 1.29 is 17.6 Å². The Morgan fingerprint density at radius 1 is 1.03 bits per heavy atom. The van der Waals surface area contributed by atoms with Crippen molar-refractivity contribution in [2.45, 2.75) is 37.6 Å². The molecule has 1 amide bonds. The van der Waals surface area contributed by atoms with Crippen LogP contribution < -0.4 is 4.90 Å². The van der Waals surface area contributed by atoms with Crippen molar-refractivity contribution >= 4 is 42.6 Å². The fraction of sp³-hybridized carbons (Fsp3) is 0.286. The normalized spacial score (nSPS) is 15.2. The van der Waals surface area contributed by atoms with Crippen LogP contribution in [0, 0.1) is 11.7 Å². The average molecular weight is 538 g/mol. The summed E-state index contributed by atoms with van der Waals surface area (Å²) in [6.07, 6.45) is 1.65. The van der Waals surface area contributed by atoms with Crippen molar-refractivity contribution in [1.82, 2.24) is 9.29 Å². The molecule has 37 heavy (non-hydrogen) atoms. The summed E-state index contributed by atoms with van der Waals surface area (Å²) in [5.74, 6) is -1.19. The van der Waals surface area contributed by atoms with Crippen molar-refractivity contribution in [2.75, 3.05) is 18.0 Å². The number of halogens is 1. The molecule has 0 saturated carbocycles. The number of anilines is 1. The van der Waals surface area contributed by atoms with E-state index in [-0.39, 0.29) is 29.8 Å². The van der Waals surface area contributed by atoms with Gasteiger partial charge in [0.05, 0.1) is 16.8 Å². The molecule has 5 rings (SSSR count). The van der Waals surface area contributed by atoms with Crippen LogP contribution in [0.25, 0.3) is 10.2 Å². The minimum atomic E-state index is -3.96. The SMILES string of the molecule is CCc1ccc2nc(N(Cc3ccccc3)C(=O)C3CCN(S(=O)(=O)c4ccccc4F)CC3)sc2c1. The Labute approximate surface area is 220 Å².